The molecule has 0 aromatic heterocycles. The van der Waals surface area contributed by atoms with Gasteiger partial charge in [-0.3, -0.25) is 0 Å². The lowest BCUT2D eigenvalue weighted by atomic mass is 9.94. The second kappa shape index (κ2) is 5.17. The third kappa shape index (κ3) is 2.39. The van der Waals surface area contributed by atoms with E-state index in [0.29, 0.717) is 6.61 Å². The van der Waals surface area contributed by atoms with Gasteiger partial charge in [0.2, 0.25) is 0 Å². The van der Waals surface area contributed by atoms with Crippen LogP contribution in [0.2, 0.25) is 0 Å². The van der Waals surface area contributed by atoms with Gasteiger partial charge < -0.3 is 14.6 Å². The molecule has 4 heteroatoms. The summed E-state index contributed by atoms with van der Waals surface area (Å²) in [6.45, 7) is 1.36. The minimum atomic E-state index is -0.519. The maximum Gasteiger partial charge on any atom is 0.124 e. The predicted molar refractivity (Wildman–Crippen MR) is 64.6 cm³/mol. The summed E-state index contributed by atoms with van der Waals surface area (Å²) in [5.74, 6) is 0.894. The molecule has 16 heavy (non-hydrogen) atoms. The molecule has 1 aromatic rings. The Kier molecular flexibility index (Phi) is 3.84. The fraction of sp³-hybridized carbons (Fsp3) is 0.500. The number of hydrogen-bond acceptors (Lipinski definition) is 3. The highest BCUT2D eigenvalue weighted by Crippen LogP contribution is 2.35. The van der Waals surface area contributed by atoms with Crippen LogP contribution in [-0.2, 0) is 4.74 Å². The van der Waals surface area contributed by atoms with Crippen LogP contribution in [0.1, 0.15) is 18.1 Å². The van der Waals surface area contributed by atoms with Gasteiger partial charge in [-0.25, -0.2) is 0 Å². The quantitative estimate of drug-likeness (QED) is 0.928. The molecule has 1 aromatic carbocycles. The first-order valence-electron chi connectivity index (χ1n) is 5.31. The molecule has 1 fully saturated rings. The average molecular weight is 287 g/mol. The molecule has 0 radical (unpaired) electrons. The predicted octanol–water partition coefficient (Wildman–Crippen LogP) is 2.53. The van der Waals surface area contributed by atoms with E-state index < -0.39 is 6.10 Å². The van der Waals surface area contributed by atoms with E-state index in [9.17, 15) is 5.11 Å². The first kappa shape index (κ1) is 11.9. The number of rotatable bonds is 3. The van der Waals surface area contributed by atoms with Crippen LogP contribution in [0.25, 0.3) is 0 Å². The molecule has 0 aliphatic carbocycles. The van der Waals surface area contributed by atoms with Crippen LogP contribution in [0, 0.1) is 5.92 Å². The Labute approximate surface area is 104 Å². The van der Waals surface area contributed by atoms with E-state index in [-0.39, 0.29) is 5.92 Å². The van der Waals surface area contributed by atoms with Gasteiger partial charge in [0.15, 0.2) is 0 Å². The van der Waals surface area contributed by atoms with Crippen molar-refractivity contribution in [2.24, 2.45) is 5.92 Å². The van der Waals surface area contributed by atoms with Gasteiger partial charge in [0.25, 0.3) is 0 Å². The van der Waals surface area contributed by atoms with Gasteiger partial charge in [-0.2, -0.15) is 0 Å². The van der Waals surface area contributed by atoms with Crippen LogP contribution in [0.4, 0.5) is 0 Å². The highest BCUT2D eigenvalue weighted by molar-refractivity contribution is 9.10. The first-order valence-corrected chi connectivity index (χ1v) is 6.11. The second-order valence-corrected chi connectivity index (χ2v) is 4.87. The molecule has 2 rings (SSSR count). The van der Waals surface area contributed by atoms with Crippen molar-refractivity contribution in [3.8, 4) is 5.75 Å². The van der Waals surface area contributed by atoms with Crippen LogP contribution in [0.15, 0.2) is 22.7 Å². The summed E-state index contributed by atoms with van der Waals surface area (Å²) in [6, 6.07) is 5.67. The lowest BCUT2D eigenvalue weighted by Crippen LogP contribution is -2.13. The molecule has 0 amide bonds. The second-order valence-electron chi connectivity index (χ2n) is 3.95. The Morgan fingerprint density at radius 1 is 1.56 bits per heavy atom. The average Bonchev–Trinajstić information content (AvgIpc) is 2.81. The maximum atomic E-state index is 10.3. The Balaban J connectivity index is 2.26. The van der Waals surface area contributed by atoms with Gasteiger partial charge in [0.05, 0.1) is 19.8 Å². The van der Waals surface area contributed by atoms with Gasteiger partial charge in [0.1, 0.15) is 5.75 Å². The number of benzene rings is 1. The third-order valence-electron chi connectivity index (χ3n) is 2.92. The molecule has 0 spiro atoms. The zero-order chi connectivity index (χ0) is 11.5. The van der Waals surface area contributed by atoms with Gasteiger partial charge in [-0.05, 0) is 24.6 Å². The van der Waals surface area contributed by atoms with Crippen LogP contribution in [0.3, 0.4) is 0 Å². The molecule has 88 valence electrons. The summed E-state index contributed by atoms with van der Waals surface area (Å²) in [6.07, 6.45) is 0.381. The van der Waals surface area contributed by atoms with Crippen molar-refractivity contribution in [2.45, 2.75) is 12.5 Å². The first-order chi connectivity index (χ1) is 7.72. The Bertz CT molecular complexity index is 361. The number of aliphatic hydroxyl groups is 1. The minimum absolute atomic E-state index is 0.170. The summed E-state index contributed by atoms with van der Waals surface area (Å²) < 4.78 is 11.5. The van der Waals surface area contributed by atoms with E-state index >= 15 is 0 Å². The van der Waals surface area contributed by atoms with Crippen molar-refractivity contribution in [1.29, 1.82) is 0 Å². The molecular formula is C12H15BrO3. The molecule has 0 saturated carbocycles. The Morgan fingerprint density at radius 2 is 2.38 bits per heavy atom. The fourth-order valence-corrected chi connectivity index (χ4v) is 2.37. The summed E-state index contributed by atoms with van der Waals surface area (Å²) in [5.41, 5.74) is 0.826. The van der Waals surface area contributed by atoms with E-state index in [1.807, 2.05) is 18.2 Å². The van der Waals surface area contributed by atoms with Crippen molar-refractivity contribution >= 4 is 15.9 Å². The molecule has 2 atom stereocenters. The number of aliphatic hydroxyl groups excluding tert-OH is 1. The maximum absolute atomic E-state index is 10.3. The number of hydrogen-bond donors (Lipinski definition) is 1. The highest BCUT2D eigenvalue weighted by Gasteiger charge is 2.27. The summed E-state index contributed by atoms with van der Waals surface area (Å²) in [5, 5.41) is 10.3. The molecule has 3 nitrogen and oxygen atoms in total. The molecule has 1 heterocycles. The Hall–Kier alpha value is -0.580. The fourth-order valence-electron chi connectivity index (χ4n) is 1.99. The smallest absolute Gasteiger partial charge is 0.124 e. The molecule has 0 bridgehead atoms. The normalized spacial score (nSPS) is 22.1. The molecule has 1 N–H and O–H groups in total. The highest BCUT2D eigenvalue weighted by atomic mass is 79.9. The van der Waals surface area contributed by atoms with Crippen molar-refractivity contribution in [3.05, 3.63) is 28.2 Å². The van der Waals surface area contributed by atoms with Gasteiger partial charge >= 0.3 is 0 Å². The monoisotopic (exact) mass is 286 g/mol. The van der Waals surface area contributed by atoms with E-state index in [2.05, 4.69) is 15.9 Å². The summed E-state index contributed by atoms with van der Waals surface area (Å²) >= 11 is 3.40. The number of ether oxygens (including phenoxy) is 2. The topological polar surface area (TPSA) is 38.7 Å². The van der Waals surface area contributed by atoms with E-state index in [1.54, 1.807) is 7.11 Å². The lowest BCUT2D eigenvalue weighted by molar-refractivity contribution is 0.0896. The van der Waals surface area contributed by atoms with Crippen molar-refractivity contribution in [3.63, 3.8) is 0 Å². The summed E-state index contributed by atoms with van der Waals surface area (Å²) in [4.78, 5) is 0. The summed E-state index contributed by atoms with van der Waals surface area (Å²) in [7, 11) is 1.62. The van der Waals surface area contributed by atoms with E-state index in [0.717, 1.165) is 28.8 Å². The van der Waals surface area contributed by atoms with E-state index in [4.69, 9.17) is 9.47 Å². The zero-order valence-corrected chi connectivity index (χ0v) is 10.7. The van der Waals surface area contributed by atoms with E-state index in [1.165, 1.54) is 0 Å². The van der Waals surface area contributed by atoms with Gasteiger partial charge in [0, 0.05) is 22.6 Å². The third-order valence-corrected chi connectivity index (χ3v) is 3.42. The van der Waals surface area contributed by atoms with Crippen molar-refractivity contribution < 1.29 is 14.6 Å². The number of halogens is 1. The standard InChI is InChI=1S/C12H15BrO3/c1-15-11-3-2-9(13)6-10(11)12(14)8-4-5-16-7-8/h2-3,6,8,12,14H,4-5,7H2,1H3. The number of methoxy groups -OCH3 is 1. The van der Waals surface area contributed by atoms with Gasteiger partial charge in [-0.15, -0.1) is 0 Å². The SMILES string of the molecule is COc1ccc(Br)cc1C(O)C1CCOC1. The van der Waals surface area contributed by atoms with Crippen LogP contribution >= 0.6 is 15.9 Å². The van der Waals surface area contributed by atoms with Crippen molar-refractivity contribution in [2.75, 3.05) is 20.3 Å². The van der Waals surface area contributed by atoms with Crippen LogP contribution in [-0.4, -0.2) is 25.4 Å². The molecule has 1 aliphatic rings. The van der Waals surface area contributed by atoms with Gasteiger partial charge in [-0.1, -0.05) is 15.9 Å². The molecular weight excluding hydrogens is 272 g/mol. The molecule has 1 aliphatic heterocycles. The van der Waals surface area contributed by atoms with Crippen molar-refractivity contribution in [1.82, 2.24) is 0 Å². The van der Waals surface area contributed by atoms with Crippen LogP contribution in [0.5, 0.6) is 5.75 Å². The molecule has 1 saturated heterocycles. The lowest BCUT2D eigenvalue weighted by Gasteiger charge is -2.19. The Morgan fingerprint density at radius 3 is 3.00 bits per heavy atom. The largest absolute Gasteiger partial charge is 0.496 e. The molecule has 2 unspecified atom stereocenters. The zero-order valence-electron chi connectivity index (χ0n) is 9.15. The minimum Gasteiger partial charge on any atom is -0.496 e. The van der Waals surface area contributed by atoms with Crippen LogP contribution < -0.4 is 4.74 Å².